The maximum absolute atomic E-state index is 11.5. The van der Waals surface area contributed by atoms with Gasteiger partial charge in [-0.25, -0.2) is 14.5 Å². The molecule has 2 aromatic rings. The zero-order chi connectivity index (χ0) is 13.2. The van der Waals surface area contributed by atoms with Gasteiger partial charge in [-0.2, -0.15) is 4.98 Å². The van der Waals surface area contributed by atoms with Crippen molar-refractivity contribution in [3.8, 4) is 0 Å². The minimum atomic E-state index is -4.57. The summed E-state index contributed by atoms with van der Waals surface area (Å²) in [6.07, 6.45) is 2.72. The van der Waals surface area contributed by atoms with Crippen LogP contribution in [0, 0.1) is 0 Å². The van der Waals surface area contributed by atoms with Gasteiger partial charge < -0.3 is 15.1 Å². The zero-order valence-electron chi connectivity index (χ0n) is 8.77. The van der Waals surface area contributed by atoms with E-state index in [1.165, 1.54) is 12.4 Å². The number of aromatic amines is 1. The highest BCUT2D eigenvalue weighted by Crippen LogP contribution is 2.35. The van der Waals surface area contributed by atoms with E-state index in [0.717, 1.165) is 0 Å². The second kappa shape index (κ2) is 4.78. The van der Waals surface area contributed by atoms with Crippen LogP contribution in [0.25, 0.3) is 11.2 Å². The molecular formula is C7H8N5O5P. The molecule has 0 amide bonds. The lowest BCUT2D eigenvalue weighted by molar-refractivity contribution is 0.209. The third-order valence-corrected chi connectivity index (χ3v) is 2.28. The summed E-state index contributed by atoms with van der Waals surface area (Å²) in [6, 6.07) is 0. The monoisotopic (exact) mass is 273 g/mol. The van der Waals surface area contributed by atoms with Gasteiger partial charge in [0.2, 0.25) is 5.95 Å². The van der Waals surface area contributed by atoms with Crippen LogP contribution in [0.15, 0.2) is 17.2 Å². The molecular weight excluding hydrogens is 265 g/mol. The third-order valence-electron chi connectivity index (χ3n) is 1.82. The van der Waals surface area contributed by atoms with Crippen LogP contribution in [-0.4, -0.2) is 36.5 Å². The molecule has 0 aliphatic carbocycles. The lowest BCUT2D eigenvalue weighted by Crippen LogP contribution is -2.16. The standard InChI is InChI=1S/C7H8N5O5P/c13-6-4-5(9-2-1-8-4)11-7(12-6)10-3-17-18(14,15)16/h1-2H,3H2,(H2,14,15,16)(H2,9,10,11,12,13). The van der Waals surface area contributed by atoms with Crippen LogP contribution < -0.4 is 10.9 Å². The summed E-state index contributed by atoms with van der Waals surface area (Å²) in [4.78, 5) is 42.3. The second-order valence-electron chi connectivity index (χ2n) is 3.08. The number of hydrogen-bond donors (Lipinski definition) is 4. The molecule has 4 N–H and O–H groups in total. The Labute approximate surface area is 99.3 Å². The Morgan fingerprint density at radius 3 is 2.83 bits per heavy atom. The molecule has 0 aliphatic rings. The highest BCUT2D eigenvalue weighted by Gasteiger charge is 2.13. The van der Waals surface area contributed by atoms with Gasteiger partial charge in [0.1, 0.15) is 6.73 Å². The van der Waals surface area contributed by atoms with E-state index in [-0.39, 0.29) is 17.1 Å². The molecule has 0 saturated heterocycles. The molecule has 0 radical (unpaired) electrons. The predicted molar refractivity (Wildman–Crippen MR) is 59.6 cm³/mol. The Morgan fingerprint density at radius 2 is 2.11 bits per heavy atom. The average Bonchev–Trinajstić information content (AvgIpc) is 2.27. The van der Waals surface area contributed by atoms with E-state index in [2.05, 4.69) is 29.8 Å². The number of nitrogens with zero attached hydrogens (tertiary/aromatic N) is 3. The summed E-state index contributed by atoms with van der Waals surface area (Å²) in [5, 5.41) is 2.39. The van der Waals surface area contributed by atoms with E-state index in [9.17, 15) is 9.36 Å². The van der Waals surface area contributed by atoms with Crippen molar-refractivity contribution in [3.05, 3.63) is 22.7 Å². The van der Waals surface area contributed by atoms with Gasteiger partial charge in [0, 0.05) is 12.4 Å². The minimum absolute atomic E-state index is 0.0264. The fourth-order valence-corrected chi connectivity index (χ4v) is 1.37. The SMILES string of the molecule is O=c1[nH]c(NCOP(=O)(O)O)nc2nccnc12. The molecule has 0 spiro atoms. The van der Waals surface area contributed by atoms with Crippen molar-refractivity contribution in [3.63, 3.8) is 0 Å². The topological polar surface area (TPSA) is 150 Å². The minimum Gasteiger partial charge on any atom is -0.332 e. The van der Waals surface area contributed by atoms with Crippen LogP contribution in [-0.2, 0) is 9.09 Å². The molecule has 0 unspecified atom stereocenters. The van der Waals surface area contributed by atoms with Crippen molar-refractivity contribution in [2.24, 2.45) is 0 Å². The van der Waals surface area contributed by atoms with Crippen LogP contribution in [0.2, 0.25) is 0 Å². The van der Waals surface area contributed by atoms with E-state index >= 15 is 0 Å². The van der Waals surface area contributed by atoms with E-state index in [0.29, 0.717) is 0 Å². The first-order chi connectivity index (χ1) is 8.46. The molecule has 0 fully saturated rings. The van der Waals surface area contributed by atoms with Gasteiger partial charge in [-0.1, -0.05) is 0 Å². The van der Waals surface area contributed by atoms with Gasteiger partial charge in [0.05, 0.1) is 0 Å². The van der Waals surface area contributed by atoms with Gasteiger partial charge in [0.15, 0.2) is 11.2 Å². The van der Waals surface area contributed by atoms with Crippen LogP contribution >= 0.6 is 7.82 Å². The number of fused-ring (bicyclic) bond motifs is 1. The number of H-pyrrole nitrogens is 1. The fraction of sp³-hybridized carbons (Fsp3) is 0.143. The number of nitrogens with one attached hydrogen (secondary N) is 2. The van der Waals surface area contributed by atoms with Gasteiger partial charge >= 0.3 is 7.82 Å². The van der Waals surface area contributed by atoms with Crippen molar-refractivity contribution in [2.45, 2.75) is 0 Å². The summed E-state index contributed by atoms with van der Waals surface area (Å²) in [5.41, 5.74) is -0.342. The molecule has 2 aromatic heterocycles. The zero-order valence-corrected chi connectivity index (χ0v) is 9.66. The maximum atomic E-state index is 11.5. The second-order valence-corrected chi connectivity index (χ2v) is 4.32. The molecule has 0 aromatic carbocycles. The number of anilines is 1. The van der Waals surface area contributed by atoms with Crippen LogP contribution in [0.3, 0.4) is 0 Å². The Kier molecular flexibility index (Phi) is 3.34. The van der Waals surface area contributed by atoms with E-state index in [1.54, 1.807) is 0 Å². The first-order valence-corrected chi connectivity index (χ1v) is 6.14. The molecule has 10 nitrogen and oxygen atoms in total. The highest BCUT2D eigenvalue weighted by molar-refractivity contribution is 7.46. The van der Waals surface area contributed by atoms with Gasteiger partial charge in [-0.05, 0) is 0 Å². The summed E-state index contributed by atoms with van der Waals surface area (Å²) in [5.74, 6) is -0.0264. The number of phosphoric ester groups is 1. The molecule has 2 rings (SSSR count). The Balaban J connectivity index is 2.20. The molecule has 11 heteroatoms. The average molecular weight is 273 g/mol. The maximum Gasteiger partial charge on any atom is 0.471 e. The molecule has 0 bridgehead atoms. The predicted octanol–water partition coefficient (Wildman–Crippen LogP) is -0.808. The Hall–Kier alpha value is -1.87. The fourth-order valence-electron chi connectivity index (χ4n) is 1.14. The summed E-state index contributed by atoms with van der Waals surface area (Å²) >= 11 is 0. The van der Waals surface area contributed by atoms with Gasteiger partial charge in [0.25, 0.3) is 5.56 Å². The third kappa shape index (κ3) is 3.08. The summed E-state index contributed by atoms with van der Waals surface area (Å²) in [6.45, 7) is -0.515. The highest BCUT2D eigenvalue weighted by atomic mass is 31.2. The first kappa shape index (κ1) is 12.6. The van der Waals surface area contributed by atoms with Crippen molar-refractivity contribution >= 4 is 24.9 Å². The van der Waals surface area contributed by atoms with Crippen LogP contribution in [0.4, 0.5) is 5.95 Å². The van der Waals surface area contributed by atoms with E-state index in [4.69, 9.17) is 9.79 Å². The molecule has 0 saturated carbocycles. The van der Waals surface area contributed by atoms with E-state index < -0.39 is 20.1 Å². The Morgan fingerprint density at radius 1 is 1.39 bits per heavy atom. The number of rotatable bonds is 4. The van der Waals surface area contributed by atoms with Crippen molar-refractivity contribution < 1.29 is 18.9 Å². The lowest BCUT2D eigenvalue weighted by atomic mass is 10.5. The van der Waals surface area contributed by atoms with Crippen molar-refractivity contribution in [1.29, 1.82) is 0 Å². The number of hydrogen-bond acceptors (Lipinski definition) is 7. The largest absolute Gasteiger partial charge is 0.471 e. The van der Waals surface area contributed by atoms with Crippen LogP contribution in [0.1, 0.15) is 0 Å². The normalized spacial score (nSPS) is 11.7. The van der Waals surface area contributed by atoms with Gasteiger partial charge in [-0.15, -0.1) is 0 Å². The number of phosphoric acid groups is 1. The molecule has 0 atom stereocenters. The van der Waals surface area contributed by atoms with Crippen molar-refractivity contribution in [1.82, 2.24) is 19.9 Å². The first-order valence-electron chi connectivity index (χ1n) is 4.61. The number of aromatic nitrogens is 4. The van der Waals surface area contributed by atoms with Gasteiger partial charge in [-0.3, -0.25) is 14.3 Å². The molecule has 2 heterocycles. The van der Waals surface area contributed by atoms with Crippen LogP contribution in [0.5, 0.6) is 0 Å². The lowest BCUT2D eigenvalue weighted by Gasteiger charge is -2.07. The molecule has 96 valence electrons. The summed E-state index contributed by atoms with van der Waals surface area (Å²) in [7, 11) is -4.57. The quantitative estimate of drug-likeness (QED) is 0.414. The summed E-state index contributed by atoms with van der Waals surface area (Å²) < 4.78 is 14.6. The Bertz CT molecular complexity index is 667. The molecule has 18 heavy (non-hydrogen) atoms. The molecule has 0 aliphatic heterocycles. The smallest absolute Gasteiger partial charge is 0.332 e. The van der Waals surface area contributed by atoms with Crippen molar-refractivity contribution in [2.75, 3.05) is 12.0 Å². The van der Waals surface area contributed by atoms with E-state index in [1.807, 2.05) is 0 Å².